The molecule has 4 heteroatoms. The van der Waals surface area contributed by atoms with Crippen LogP contribution in [0.15, 0.2) is 29.3 Å². The molecule has 0 spiro atoms. The summed E-state index contributed by atoms with van der Waals surface area (Å²) in [5.41, 5.74) is 0.566. The van der Waals surface area contributed by atoms with Gasteiger partial charge in [-0.15, -0.1) is 0 Å². The van der Waals surface area contributed by atoms with Crippen LogP contribution in [-0.2, 0) is 9.47 Å². The quantitative estimate of drug-likeness (QED) is 0.786. The van der Waals surface area contributed by atoms with E-state index in [2.05, 4.69) is 18.8 Å². The molecule has 0 N–H and O–H groups in total. The maximum atomic E-state index is 5.84. The van der Waals surface area contributed by atoms with Crippen LogP contribution in [0.2, 0.25) is 0 Å². The number of hydrogen-bond acceptors (Lipinski definition) is 4. The van der Waals surface area contributed by atoms with E-state index in [9.17, 15) is 0 Å². The smallest absolute Gasteiger partial charge is 0.220 e. The lowest BCUT2D eigenvalue weighted by Crippen LogP contribution is -2.21. The fourth-order valence-electron chi connectivity index (χ4n) is 2.38. The highest BCUT2D eigenvalue weighted by Gasteiger charge is 2.60. The highest BCUT2D eigenvalue weighted by atomic mass is 16.6. The van der Waals surface area contributed by atoms with Gasteiger partial charge >= 0.3 is 0 Å². The molecule has 102 valence electrons. The summed E-state index contributed by atoms with van der Waals surface area (Å²) < 4.78 is 16.7. The van der Waals surface area contributed by atoms with Crippen molar-refractivity contribution in [3.63, 3.8) is 0 Å². The first-order valence-corrected chi connectivity index (χ1v) is 6.49. The normalized spacial score (nSPS) is 31.6. The van der Waals surface area contributed by atoms with Gasteiger partial charge in [-0.2, -0.15) is 0 Å². The predicted molar refractivity (Wildman–Crippen MR) is 72.7 cm³/mol. The van der Waals surface area contributed by atoms with Crippen molar-refractivity contribution >= 4 is 5.90 Å². The van der Waals surface area contributed by atoms with Gasteiger partial charge in [0, 0.05) is 0 Å². The Bertz CT molecular complexity index is 521. The van der Waals surface area contributed by atoms with Crippen molar-refractivity contribution < 1.29 is 14.2 Å². The van der Waals surface area contributed by atoms with Crippen LogP contribution < -0.4 is 4.74 Å². The summed E-state index contributed by atoms with van der Waals surface area (Å²) in [5, 5.41) is 0. The predicted octanol–water partition coefficient (Wildman–Crippen LogP) is 2.73. The molecule has 0 unspecified atom stereocenters. The average Bonchev–Trinajstić information content (AvgIpc) is 2.94. The van der Waals surface area contributed by atoms with E-state index in [0.29, 0.717) is 6.61 Å². The molecule has 3 rings (SSSR count). The fraction of sp³-hybridized carbons (Fsp3) is 0.533. The van der Waals surface area contributed by atoms with Crippen LogP contribution in [-0.4, -0.2) is 30.8 Å². The Morgan fingerprint density at radius 3 is 2.42 bits per heavy atom. The van der Waals surface area contributed by atoms with Gasteiger partial charge in [-0.05, 0) is 38.5 Å². The van der Waals surface area contributed by atoms with Gasteiger partial charge in [0.05, 0.1) is 12.6 Å². The van der Waals surface area contributed by atoms with Gasteiger partial charge in [-0.1, -0.05) is 12.1 Å². The maximum absolute atomic E-state index is 5.84. The molecule has 2 atom stereocenters. The minimum absolute atomic E-state index is 0.0195. The number of nitrogens with zero attached hydrogens (tertiary/aromatic N) is 1. The number of epoxide rings is 1. The fourth-order valence-corrected chi connectivity index (χ4v) is 2.38. The standard InChI is InChI=1S/C15H19NO3/c1-14(2)9-18-13(16-14)15(3)12(19-15)10-5-7-11(17-4)8-6-10/h5-8,12H,9H2,1-4H3/t12-,15+/m1/s1. The van der Waals surface area contributed by atoms with Crippen LogP contribution in [0.25, 0.3) is 0 Å². The average molecular weight is 261 g/mol. The van der Waals surface area contributed by atoms with Gasteiger partial charge in [0.25, 0.3) is 0 Å². The zero-order valence-electron chi connectivity index (χ0n) is 11.8. The Labute approximate surface area is 113 Å². The molecule has 0 saturated carbocycles. The Balaban J connectivity index is 1.79. The van der Waals surface area contributed by atoms with Crippen molar-refractivity contribution in [2.75, 3.05) is 13.7 Å². The third-order valence-corrected chi connectivity index (χ3v) is 3.62. The lowest BCUT2D eigenvalue weighted by atomic mass is 10.0. The molecule has 2 aliphatic rings. The molecule has 0 aliphatic carbocycles. The van der Waals surface area contributed by atoms with Crippen LogP contribution in [0.5, 0.6) is 5.75 Å². The molecule has 1 aromatic carbocycles. The first-order chi connectivity index (χ1) is 8.94. The van der Waals surface area contributed by atoms with E-state index in [0.717, 1.165) is 17.2 Å². The van der Waals surface area contributed by atoms with Gasteiger partial charge in [0.2, 0.25) is 5.90 Å². The first-order valence-electron chi connectivity index (χ1n) is 6.49. The maximum Gasteiger partial charge on any atom is 0.220 e. The van der Waals surface area contributed by atoms with Crippen molar-refractivity contribution in [2.24, 2.45) is 4.99 Å². The monoisotopic (exact) mass is 261 g/mol. The highest BCUT2D eigenvalue weighted by molar-refractivity contribution is 5.90. The van der Waals surface area contributed by atoms with Crippen LogP contribution >= 0.6 is 0 Å². The summed E-state index contributed by atoms with van der Waals surface area (Å²) in [6.45, 7) is 6.78. The Morgan fingerprint density at radius 1 is 1.21 bits per heavy atom. The molecule has 0 amide bonds. The van der Waals surface area contributed by atoms with E-state index in [1.165, 1.54) is 0 Å². The molecular formula is C15H19NO3. The van der Waals surface area contributed by atoms with Crippen molar-refractivity contribution in [2.45, 2.75) is 38.0 Å². The minimum Gasteiger partial charge on any atom is -0.497 e. The topological polar surface area (TPSA) is 43.3 Å². The van der Waals surface area contributed by atoms with E-state index >= 15 is 0 Å². The molecular weight excluding hydrogens is 242 g/mol. The number of benzene rings is 1. The van der Waals surface area contributed by atoms with E-state index in [4.69, 9.17) is 14.2 Å². The second-order valence-corrected chi connectivity index (χ2v) is 5.90. The molecule has 2 aliphatic heterocycles. The Hall–Kier alpha value is -1.55. The van der Waals surface area contributed by atoms with Crippen LogP contribution in [0.4, 0.5) is 0 Å². The Kier molecular flexibility index (Phi) is 2.61. The number of rotatable bonds is 3. The second kappa shape index (κ2) is 3.97. The zero-order chi connectivity index (χ0) is 13.7. The number of methoxy groups -OCH3 is 1. The minimum atomic E-state index is -0.414. The van der Waals surface area contributed by atoms with Crippen molar-refractivity contribution in [3.05, 3.63) is 29.8 Å². The Morgan fingerprint density at radius 2 is 1.89 bits per heavy atom. The molecule has 19 heavy (non-hydrogen) atoms. The highest BCUT2D eigenvalue weighted by Crippen LogP contribution is 2.52. The van der Waals surface area contributed by atoms with Gasteiger partial charge in [0.1, 0.15) is 18.5 Å². The second-order valence-electron chi connectivity index (χ2n) is 5.90. The first kappa shape index (κ1) is 12.5. The molecule has 1 saturated heterocycles. The third-order valence-electron chi connectivity index (χ3n) is 3.62. The van der Waals surface area contributed by atoms with E-state index < -0.39 is 5.60 Å². The molecule has 0 radical (unpaired) electrons. The summed E-state index contributed by atoms with van der Waals surface area (Å²) in [5.74, 6) is 1.57. The van der Waals surface area contributed by atoms with Crippen LogP contribution in [0.3, 0.4) is 0 Å². The zero-order valence-corrected chi connectivity index (χ0v) is 11.8. The van der Waals surface area contributed by atoms with Gasteiger partial charge in [-0.25, -0.2) is 4.99 Å². The molecule has 4 nitrogen and oxygen atoms in total. The number of ether oxygens (including phenoxy) is 3. The third kappa shape index (κ3) is 2.10. The molecule has 1 aromatic rings. The van der Waals surface area contributed by atoms with E-state index in [-0.39, 0.29) is 11.6 Å². The van der Waals surface area contributed by atoms with E-state index in [1.807, 2.05) is 31.2 Å². The molecule has 0 aromatic heterocycles. The van der Waals surface area contributed by atoms with Crippen molar-refractivity contribution in [1.29, 1.82) is 0 Å². The number of hydrogen-bond donors (Lipinski definition) is 0. The van der Waals surface area contributed by atoms with Gasteiger partial charge in [-0.3, -0.25) is 0 Å². The lowest BCUT2D eigenvalue weighted by Gasteiger charge is -2.07. The molecule has 1 fully saturated rings. The van der Waals surface area contributed by atoms with Gasteiger partial charge in [0.15, 0.2) is 5.60 Å². The van der Waals surface area contributed by atoms with Gasteiger partial charge < -0.3 is 14.2 Å². The van der Waals surface area contributed by atoms with Crippen molar-refractivity contribution in [1.82, 2.24) is 0 Å². The molecule has 2 heterocycles. The van der Waals surface area contributed by atoms with Crippen LogP contribution in [0.1, 0.15) is 32.4 Å². The summed E-state index contributed by atoms with van der Waals surface area (Å²) in [7, 11) is 1.66. The van der Waals surface area contributed by atoms with Crippen LogP contribution in [0, 0.1) is 0 Å². The summed E-state index contributed by atoms with van der Waals surface area (Å²) in [4.78, 5) is 4.61. The number of aliphatic imine (C=N–C) groups is 1. The summed E-state index contributed by atoms with van der Waals surface area (Å²) in [6.07, 6.45) is 0.0195. The lowest BCUT2D eigenvalue weighted by molar-refractivity contribution is 0.251. The van der Waals surface area contributed by atoms with E-state index in [1.54, 1.807) is 7.11 Å². The summed E-state index contributed by atoms with van der Waals surface area (Å²) >= 11 is 0. The summed E-state index contributed by atoms with van der Waals surface area (Å²) in [6, 6.07) is 7.93. The van der Waals surface area contributed by atoms with Crippen molar-refractivity contribution in [3.8, 4) is 5.75 Å². The SMILES string of the molecule is COc1ccc([C@H]2O[C@]2(C)C2=NC(C)(C)CO2)cc1. The largest absolute Gasteiger partial charge is 0.497 e. The molecule has 0 bridgehead atoms.